The minimum Gasteiger partial charge on any atom is -0.506 e. The lowest BCUT2D eigenvalue weighted by molar-refractivity contribution is 0.475. The second-order valence-electron chi connectivity index (χ2n) is 3.63. The number of aryl methyl sites for hydroxylation is 1. The first-order chi connectivity index (χ1) is 7.58. The van der Waals surface area contributed by atoms with E-state index < -0.39 is 0 Å². The number of aromatic hydroxyl groups is 1. The van der Waals surface area contributed by atoms with Crippen molar-refractivity contribution in [3.63, 3.8) is 0 Å². The first-order valence-electron chi connectivity index (χ1n) is 4.83. The lowest BCUT2D eigenvalue weighted by Crippen LogP contribution is -1.81. The number of phenols is 1. The molecule has 0 saturated heterocycles. The Morgan fingerprint density at radius 3 is 2.00 bits per heavy atom. The van der Waals surface area contributed by atoms with Gasteiger partial charge < -0.3 is 5.11 Å². The summed E-state index contributed by atoms with van der Waals surface area (Å²) in [6.07, 6.45) is 0. The molecule has 2 rings (SSSR count). The van der Waals surface area contributed by atoms with E-state index in [0.29, 0.717) is 5.02 Å². The molecule has 0 aliphatic carbocycles. The summed E-state index contributed by atoms with van der Waals surface area (Å²) in [5.74, 6) is 0.0867. The van der Waals surface area contributed by atoms with Crippen molar-refractivity contribution >= 4 is 23.2 Å². The first-order valence-corrected chi connectivity index (χ1v) is 5.58. The molecule has 0 radical (unpaired) electrons. The molecular weight excluding hydrogens is 243 g/mol. The lowest BCUT2D eigenvalue weighted by Gasteiger charge is -2.05. The van der Waals surface area contributed by atoms with Crippen LogP contribution in [-0.2, 0) is 0 Å². The predicted molar refractivity (Wildman–Crippen MR) is 68.3 cm³/mol. The van der Waals surface area contributed by atoms with Crippen LogP contribution in [0.1, 0.15) is 5.56 Å². The Kier molecular flexibility index (Phi) is 3.08. The molecule has 0 amide bonds. The highest BCUT2D eigenvalue weighted by molar-refractivity contribution is 6.32. The predicted octanol–water partition coefficient (Wildman–Crippen LogP) is 4.67. The fraction of sp³-hybridized carbons (Fsp3) is 0.0769. The van der Waals surface area contributed by atoms with E-state index in [-0.39, 0.29) is 5.75 Å². The maximum atomic E-state index is 9.33. The van der Waals surface area contributed by atoms with Crippen molar-refractivity contribution in [2.75, 3.05) is 0 Å². The Morgan fingerprint density at radius 2 is 1.44 bits per heavy atom. The Bertz CT molecular complexity index is 486. The van der Waals surface area contributed by atoms with Gasteiger partial charge in [-0.2, -0.15) is 0 Å². The zero-order valence-corrected chi connectivity index (χ0v) is 10.2. The van der Waals surface area contributed by atoms with Crippen molar-refractivity contribution in [1.29, 1.82) is 0 Å². The highest BCUT2D eigenvalue weighted by atomic mass is 35.5. The van der Waals surface area contributed by atoms with Gasteiger partial charge in [-0.3, -0.25) is 0 Å². The van der Waals surface area contributed by atoms with Crippen LogP contribution in [0.4, 0.5) is 0 Å². The average Bonchev–Trinajstić information content (AvgIpc) is 2.26. The van der Waals surface area contributed by atoms with E-state index >= 15 is 0 Å². The van der Waals surface area contributed by atoms with Crippen LogP contribution >= 0.6 is 23.2 Å². The quantitative estimate of drug-likeness (QED) is 0.782. The fourth-order valence-electron chi connectivity index (χ4n) is 1.46. The van der Waals surface area contributed by atoms with E-state index in [1.807, 2.05) is 31.2 Å². The zero-order valence-electron chi connectivity index (χ0n) is 8.67. The van der Waals surface area contributed by atoms with E-state index in [4.69, 9.17) is 23.2 Å². The van der Waals surface area contributed by atoms with E-state index in [0.717, 1.165) is 21.7 Å². The molecule has 0 aromatic heterocycles. The first kappa shape index (κ1) is 11.3. The lowest BCUT2D eigenvalue weighted by atomic mass is 10.0. The van der Waals surface area contributed by atoms with Crippen LogP contribution in [0.15, 0.2) is 36.4 Å². The van der Waals surface area contributed by atoms with E-state index in [9.17, 15) is 5.11 Å². The van der Waals surface area contributed by atoms with Crippen LogP contribution in [0.3, 0.4) is 0 Å². The molecule has 0 aliphatic heterocycles. The van der Waals surface area contributed by atoms with Gasteiger partial charge >= 0.3 is 0 Å². The molecule has 0 fully saturated rings. The third-order valence-corrected chi connectivity index (χ3v) is 3.16. The molecule has 2 aromatic carbocycles. The van der Waals surface area contributed by atoms with Gasteiger partial charge in [0.2, 0.25) is 0 Å². The molecular formula is C13H10Cl2O. The second-order valence-corrected chi connectivity index (χ2v) is 4.44. The number of rotatable bonds is 1. The molecule has 0 heterocycles. The molecule has 0 spiro atoms. The minimum absolute atomic E-state index is 0.0867. The molecule has 82 valence electrons. The Labute approximate surface area is 104 Å². The van der Waals surface area contributed by atoms with Crippen LogP contribution in [0.2, 0.25) is 10.0 Å². The SMILES string of the molecule is Cc1ccc(-c2ccc(O)c(Cl)c2)cc1Cl. The van der Waals surface area contributed by atoms with E-state index in [1.165, 1.54) is 0 Å². The van der Waals surface area contributed by atoms with Gasteiger partial charge in [0.15, 0.2) is 0 Å². The molecule has 0 saturated carbocycles. The number of hydrogen-bond donors (Lipinski definition) is 1. The summed E-state index contributed by atoms with van der Waals surface area (Å²) in [7, 11) is 0. The summed E-state index contributed by atoms with van der Waals surface area (Å²) in [6, 6.07) is 10.9. The van der Waals surface area contributed by atoms with Gasteiger partial charge in [0.05, 0.1) is 5.02 Å². The van der Waals surface area contributed by atoms with Crippen LogP contribution in [0.5, 0.6) is 5.75 Å². The van der Waals surface area contributed by atoms with E-state index in [1.54, 1.807) is 12.1 Å². The minimum atomic E-state index is 0.0867. The summed E-state index contributed by atoms with van der Waals surface area (Å²) in [5.41, 5.74) is 2.96. The van der Waals surface area contributed by atoms with Crippen molar-refractivity contribution in [2.45, 2.75) is 6.92 Å². The summed E-state index contributed by atoms with van der Waals surface area (Å²) in [6.45, 7) is 1.95. The Hall–Kier alpha value is -1.18. The fourth-order valence-corrected chi connectivity index (χ4v) is 1.82. The number of benzene rings is 2. The highest BCUT2D eigenvalue weighted by Gasteiger charge is 2.04. The molecule has 0 bridgehead atoms. The van der Waals surface area contributed by atoms with Crippen molar-refractivity contribution in [3.05, 3.63) is 52.0 Å². The molecule has 1 nitrogen and oxygen atoms in total. The smallest absolute Gasteiger partial charge is 0.134 e. The average molecular weight is 253 g/mol. The van der Waals surface area contributed by atoms with Gasteiger partial charge in [-0.1, -0.05) is 41.4 Å². The monoisotopic (exact) mass is 252 g/mol. The van der Waals surface area contributed by atoms with E-state index in [2.05, 4.69) is 0 Å². The van der Waals surface area contributed by atoms with Gasteiger partial charge in [0.25, 0.3) is 0 Å². The van der Waals surface area contributed by atoms with Crippen LogP contribution < -0.4 is 0 Å². The topological polar surface area (TPSA) is 20.2 Å². The zero-order chi connectivity index (χ0) is 11.7. The van der Waals surface area contributed by atoms with Crippen LogP contribution in [0, 0.1) is 6.92 Å². The van der Waals surface area contributed by atoms with Gasteiger partial charge in [-0.25, -0.2) is 0 Å². The Balaban J connectivity index is 2.50. The molecule has 16 heavy (non-hydrogen) atoms. The highest BCUT2D eigenvalue weighted by Crippen LogP contribution is 2.31. The largest absolute Gasteiger partial charge is 0.506 e. The van der Waals surface area contributed by atoms with Crippen molar-refractivity contribution < 1.29 is 5.11 Å². The molecule has 0 aliphatic rings. The summed E-state index contributed by atoms with van der Waals surface area (Å²) >= 11 is 11.9. The molecule has 3 heteroatoms. The molecule has 2 aromatic rings. The van der Waals surface area contributed by atoms with Gasteiger partial charge in [0, 0.05) is 5.02 Å². The normalized spacial score (nSPS) is 10.4. The van der Waals surface area contributed by atoms with Gasteiger partial charge in [-0.05, 0) is 41.8 Å². The van der Waals surface area contributed by atoms with Crippen LogP contribution in [0.25, 0.3) is 11.1 Å². The standard InChI is InChI=1S/C13H10Cl2O/c1-8-2-3-9(6-11(8)14)10-4-5-13(16)12(15)7-10/h2-7,16H,1H3. The number of phenolic OH excluding ortho intramolecular Hbond substituents is 1. The van der Waals surface area contributed by atoms with Gasteiger partial charge in [0.1, 0.15) is 5.75 Å². The van der Waals surface area contributed by atoms with Crippen molar-refractivity contribution in [1.82, 2.24) is 0 Å². The summed E-state index contributed by atoms with van der Waals surface area (Å²) in [4.78, 5) is 0. The Morgan fingerprint density at radius 1 is 0.875 bits per heavy atom. The third-order valence-electron chi connectivity index (χ3n) is 2.45. The second kappa shape index (κ2) is 4.36. The number of hydrogen-bond acceptors (Lipinski definition) is 1. The summed E-state index contributed by atoms with van der Waals surface area (Å²) < 4.78 is 0. The third kappa shape index (κ3) is 2.16. The molecule has 0 atom stereocenters. The van der Waals surface area contributed by atoms with Crippen LogP contribution in [-0.4, -0.2) is 5.11 Å². The summed E-state index contributed by atoms with van der Waals surface area (Å²) in [5, 5.41) is 10.4. The van der Waals surface area contributed by atoms with Crippen molar-refractivity contribution in [3.8, 4) is 16.9 Å². The van der Waals surface area contributed by atoms with Gasteiger partial charge in [-0.15, -0.1) is 0 Å². The van der Waals surface area contributed by atoms with Crippen molar-refractivity contribution in [2.24, 2.45) is 0 Å². The molecule has 0 unspecified atom stereocenters. The molecule has 1 N–H and O–H groups in total. The maximum Gasteiger partial charge on any atom is 0.134 e. The maximum absolute atomic E-state index is 9.33. The number of halogens is 2.